The van der Waals surface area contributed by atoms with Crippen LogP contribution in [0, 0.1) is 0 Å². The average Bonchev–Trinajstić information content (AvgIpc) is 2.43. The van der Waals surface area contributed by atoms with E-state index in [1.54, 1.807) is 6.92 Å². The molecule has 0 N–H and O–H groups in total. The van der Waals surface area contributed by atoms with Crippen molar-refractivity contribution in [2.75, 3.05) is 18.1 Å². The third kappa shape index (κ3) is 5.64. The van der Waals surface area contributed by atoms with E-state index in [9.17, 15) is 8.42 Å². The summed E-state index contributed by atoms with van der Waals surface area (Å²) >= 11 is 0. The molecule has 0 saturated carbocycles. The van der Waals surface area contributed by atoms with Crippen LogP contribution in [0.4, 0.5) is 0 Å². The Morgan fingerprint density at radius 1 is 1.16 bits per heavy atom. The maximum atomic E-state index is 11.3. The molecule has 1 aromatic rings. The molecule has 1 unspecified atom stereocenters. The van der Waals surface area contributed by atoms with Crippen LogP contribution in [-0.4, -0.2) is 26.5 Å². The highest BCUT2D eigenvalue weighted by Crippen LogP contribution is 2.21. The van der Waals surface area contributed by atoms with Crippen molar-refractivity contribution in [3.63, 3.8) is 0 Å². The van der Waals surface area contributed by atoms with Crippen LogP contribution in [0.5, 0.6) is 5.75 Å². The highest BCUT2D eigenvalue weighted by molar-refractivity contribution is 7.91. The minimum atomic E-state index is -2.88. The van der Waals surface area contributed by atoms with E-state index in [-0.39, 0.29) is 11.5 Å². The lowest BCUT2D eigenvalue weighted by Crippen LogP contribution is -2.11. The number of sulfone groups is 1. The molecule has 0 aliphatic heterocycles. The zero-order chi connectivity index (χ0) is 14.3. The molecule has 19 heavy (non-hydrogen) atoms. The van der Waals surface area contributed by atoms with Gasteiger partial charge in [0.05, 0.1) is 12.4 Å². The molecule has 0 spiro atoms. The Labute approximate surface area is 116 Å². The van der Waals surface area contributed by atoms with Crippen LogP contribution in [-0.2, 0) is 9.84 Å². The molecule has 1 aromatic carbocycles. The predicted octanol–water partition coefficient (Wildman–Crippen LogP) is 3.40. The topological polar surface area (TPSA) is 43.4 Å². The summed E-state index contributed by atoms with van der Waals surface area (Å²) in [4.78, 5) is 0. The number of ether oxygens (including phenoxy) is 1. The highest BCUT2D eigenvalue weighted by Gasteiger charge is 2.07. The van der Waals surface area contributed by atoms with Crippen LogP contribution in [0.15, 0.2) is 24.3 Å². The molecule has 0 bridgehead atoms. The van der Waals surface area contributed by atoms with Gasteiger partial charge in [-0.15, -0.1) is 0 Å². The van der Waals surface area contributed by atoms with Crippen LogP contribution in [0.3, 0.4) is 0 Å². The lowest BCUT2D eigenvalue weighted by atomic mass is 9.99. The Hall–Kier alpha value is -1.03. The second-order valence-electron chi connectivity index (χ2n) is 4.82. The van der Waals surface area contributed by atoms with E-state index in [4.69, 9.17) is 4.74 Å². The molecule has 0 amide bonds. The molecule has 0 aliphatic carbocycles. The summed E-state index contributed by atoms with van der Waals surface area (Å²) in [6.07, 6.45) is 1.67. The summed E-state index contributed by atoms with van der Waals surface area (Å²) in [7, 11) is -2.88. The van der Waals surface area contributed by atoms with Gasteiger partial charge in [0.1, 0.15) is 15.6 Å². The first-order valence-corrected chi connectivity index (χ1v) is 8.73. The van der Waals surface area contributed by atoms with Crippen LogP contribution in [0.1, 0.15) is 45.1 Å². The Morgan fingerprint density at radius 3 is 2.32 bits per heavy atom. The van der Waals surface area contributed by atoms with Gasteiger partial charge >= 0.3 is 0 Å². The number of hydrogen-bond donors (Lipinski definition) is 0. The van der Waals surface area contributed by atoms with Crippen LogP contribution in [0.25, 0.3) is 0 Å². The Bertz CT molecular complexity index is 463. The Kier molecular flexibility index (Phi) is 6.35. The fourth-order valence-corrected chi connectivity index (χ4v) is 2.59. The molecule has 0 aromatic heterocycles. The number of rotatable bonds is 8. The van der Waals surface area contributed by atoms with E-state index in [2.05, 4.69) is 26.0 Å². The van der Waals surface area contributed by atoms with Gasteiger partial charge in [-0.25, -0.2) is 8.42 Å². The summed E-state index contributed by atoms with van der Waals surface area (Å²) in [5.74, 6) is 1.77. The third-order valence-electron chi connectivity index (χ3n) is 3.37. The number of hydrogen-bond acceptors (Lipinski definition) is 3. The number of benzene rings is 1. The fourth-order valence-electron chi connectivity index (χ4n) is 1.74. The summed E-state index contributed by atoms with van der Waals surface area (Å²) in [6, 6.07) is 8.06. The van der Waals surface area contributed by atoms with Crippen molar-refractivity contribution >= 4 is 9.84 Å². The van der Waals surface area contributed by atoms with Gasteiger partial charge in [0.25, 0.3) is 0 Å². The summed E-state index contributed by atoms with van der Waals surface area (Å²) < 4.78 is 28.2. The van der Waals surface area contributed by atoms with E-state index < -0.39 is 9.84 Å². The monoisotopic (exact) mass is 284 g/mol. The normalized spacial score (nSPS) is 13.2. The molecule has 0 heterocycles. The SMILES string of the molecule is CCC(C)c1ccc(OCCCS(=O)(=O)CC)cc1. The molecule has 1 rings (SSSR count). The highest BCUT2D eigenvalue weighted by atomic mass is 32.2. The van der Waals surface area contributed by atoms with Crippen molar-refractivity contribution in [1.82, 2.24) is 0 Å². The molecule has 1 atom stereocenters. The van der Waals surface area contributed by atoms with Crippen molar-refractivity contribution in [3.05, 3.63) is 29.8 Å². The van der Waals surface area contributed by atoms with Gasteiger partial charge in [-0.05, 0) is 36.5 Å². The summed E-state index contributed by atoms with van der Waals surface area (Å²) in [5.41, 5.74) is 1.31. The lowest BCUT2D eigenvalue weighted by molar-refractivity contribution is 0.317. The second-order valence-corrected chi connectivity index (χ2v) is 7.29. The first kappa shape index (κ1) is 16.0. The molecule has 108 valence electrons. The van der Waals surface area contributed by atoms with Crippen LogP contribution < -0.4 is 4.74 Å². The fraction of sp³-hybridized carbons (Fsp3) is 0.600. The summed E-state index contributed by atoms with van der Waals surface area (Å²) in [6.45, 7) is 6.49. The minimum absolute atomic E-state index is 0.203. The average molecular weight is 284 g/mol. The zero-order valence-electron chi connectivity index (χ0n) is 12.1. The van der Waals surface area contributed by atoms with Crippen molar-refractivity contribution in [3.8, 4) is 5.75 Å². The van der Waals surface area contributed by atoms with E-state index in [0.717, 1.165) is 12.2 Å². The van der Waals surface area contributed by atoms with Gasteiger partial charge in [0.15, 0.2) is 0 Å². The van der Waals surface area contributed by atoms with E-state index in [0.29, 0.717) is 18.9 Å². The van der Waals surface area contributed by atoms with E-state index in [1.807, 2.05) is 12.1 Å². The standard InChI is InChI=1S/C15H24O3S/c1-4-13(3)14-7-9-15(10-8-14)18-11-6-12-19(16,17)5-2/h7-10,13H,4-6,11-12H2,1-3H3. The smallest absolute Gasteiger partial charge is 0.150 e. The third-order valence-corrected chi connectivity index (χ3v) is 5.16. The lowest BCUT2D eigenvalue weighted by Gasteiger charge is -2.10. The maximum absolute atomic E-state index is 11.3. The molecule has 0 saturated heterocycles. The predicted molar refractivity (Wildman–Crippen MR) is 79.6 cm³/mol. The van der Waals surface area contributed by atoms with Gasteiger partial charge in [0, 0.05) is 5.75 Å². The van der Waals surface area contributed by atoms with Crippen LogP contribution >= 0.6 is 0 Å². The van der Waals surface area contributed by atoms with Crippen molar-refractivity contribution in [2.45, 2.75) is 39.5 Å². The first-order chi connectivity index (χ1) is 8.98. The first-order valence-electron chi connectivity index (χ1n) is 6.91. The molecule has 4 heteroatoms. The van der Waals surface area contributed by atoms with Gasteiger partial charge < -0.3 is 4.74 Å². The second kappa shape index (κ2) is 7.53. The van der Waals surface area contributed by atoms with Gasteiger partial charge in [-0.1, -0.05) is 32.9 Å². The molecule has 3 nitrogen and oxygen atoms in total. The molecule has 0 aliphatic rings. The summed E-state index contributed by atoms with van der Waals surface area (Å²) in [5, 5.41) is 0. The van der Waals surface area contributed by atoms with Gasteiger partial charge in [-0.2, -0.15) is 0 Å². The molecule has 0 fully saturated rings. The maximum Gasteiger partial charge on any atom is 0.150 e. The molecular weight excluding hydrogens is 260 g/mol. The quantitative estimate of drug-likeness (QED) is 0.687. The largest absolute Gasteiger partial charge is 0.494 e. The minimum Gasteiger partial charge on any atom is -0.494 e. The van der Waals surface area contributed by atoms with Crippen molar-refractivity contribution in [1.29, 1.82) is 0 Å². The zero-order valence-corrected chi connectivity index (χ0v) is 12.9. The molecule has 0 radical (unpaired) electrons. The Balaban J connectivity index is 2.38. The van der Waals surface area contributed by atoms with Gasteiger partial charge in [-0.3, -0.25) is 0 Å². The van der Waals surface area contributed by atoms with E-state index >= 15 is 0 Å². The van der Waals surface area contributed by atoms with Crippen LogP contribution in [0.2, 0.25) is 0 Å². The van der Waals surface area contributed by atoms with Crippen molar-refractivity contribution < 1.29 is 13.2 Å². The Morgan fingerprint density at radius 2 is 1.79 bits per heavy atom. The molecular formula is C15H24O3S. The van der Waals surface area contributed by atoms with E-state index in [1.165, 1.54) is 5.56 Å². The van der Waals surface area contributed by atoms with Crippen molar-refractivity contribution in [2.24, 2.45) is 0 Å². The van der Waals surface area contributed by atoms with Gasteiger partial charge in [0.2, 0.25) is 0 Å².